The molecule has 5 nitrogen and oxygen atoms in total. The largest absolute Gasteiger partial charge is 0.512 e. The molecule has 0 spiro atoms. The maximum atomic E-state index is 11.5. The Morgan fingerprint density at radius 2 is 1.49 bits per heavy atom. The van der Waals surface area contributed by atoms with Crippen LogP contribution in [0.5, 0.6) is 0 Å². The second-order valence-corrected chi connectivity index (χ2v) is 14.3. The molecule has 0 saturated heterocycles. The molecule has 0 atom stereocenters. The average Bonchev–Trinajstić information content (AvgIpc) is 3.31. The van der Waals surface area contributed by atoms with Crippen molar-refractivity contribution in [1.82, 2.24) is 9.55 Å². The number of aromatic nitrogens is 2. The van der Waals surface area contributed by atoms with Crippen LogP contribution in [0.3, 0.4) is 0 Å². The Hall–Kier alpha value is -3.52. The first kappa shape index (κ1) is 37.7. The van der Waals surface area contributed by atoms with Crippen LogP contribution in [-0.4, -0.2) is 20.4 Å². The third kappa shape index (κ3) is 9.98. The Morgan fingerprint density at radius 1 is 0.933 bits per heavy atom. The van der Waals surface area contributed by atoms with Gasteiger partial charge < -0.3 is 9.67 Å². The van der Waals surface area contributed by atoms with Crippen molar-refractivity contribution in [2.24, 2.45) is 22.7 Å². The SMILES string of the molecule is CC(C)(C)C(=O)/C=C(\O)C(C)(C)C.[C-]#[N+]c1cc(CC(C)C)c(-n2c(-c3[c-]cccc3)nc3ccccc32)c(CC(C)C)c1.[Ir]. The number of para-hydroxylation sites is 2. The molecule has 1 N–H and O–H groups in total. The molecule has 0 aliphatic rings. The standard InChI is InChI=1S/C28H28N3.C11H20O2.Ir/c1-19(2)15-22-17-24(29-5)18-23(16-20(3)4)27(22)31-26-14-10-9-13-25(26)30-28(31)21-11-7-6-8-12-21;1-10(2,3)8(12)7-9(13)11(4,5)6;/h6-11,13-14,17-20H,15-16H2,1-4H3;7,12H,1-6H3;/q-1;;/b;8-7-;. The van der Waals surface area contributed by atoms with Crippen molar-refractivity contribution in [2.75, 3.05) is 0 Å². The van der Waals surface area contributed by atoms with E-state index in [1.807, 2.05) is 65.8 Å². The van der Waals surface area contributed by atoms with Gasteiger partial charge >= 0.3 is 0 Å². The van der Waals surface area contributed by atoms with E-state index in [-0.39, 0.29) is 37.1 Å². The van der Waals surface area contributed by atoms with Gasteiger partial charge in [0, 0.05) is 42.7 Å². The Morgan fingerprint density at radius 3 is 1.96 bits per heavy atom. The smallest absolute Gasteiger partial charge is 0.187 e. The van der Waals surface area contributed by atoms with Gasteiger partial charge in [0.1, 0.15) is 5.76 Å². The monoisotopic (exact) mass is 783 g/mol. The normalized spacial score (nSPS) is 12.0. The van der Waals surface area contributed by atoms with Crippen molar-refractivity contribution < 1.29 is 30.0 Å². The number of allylic oxidation sites excluding steroid dienone is 2. The van der Waals surface area contributed by atoms with E-state index in [1.54, 1.807) is 0 Å². The third-order valence-corrected chi connectivity index (χ3v) is 7.15. The van der Waals surface area contributed by atoms with Gasteiger partial charge in [0.05, 0.1) is 23.4 Å². The van der Waals surface area contributed by atoms with Gasteiger partial charge in [-0.15, -0.1) is 35.9 Å². The van der Waals surface area contributed by atoms with Crippen LogP contribution in [0.1, 0.15) is 80.4 Å². The minimum atomic E-state index is -0.417. The number of hydrogen-bond donors (Lipinski definition) is 1. The topological polar surface area (TPSA) is 59.5 Å². The summed E-state index contributed by atoms with van der Waals surface area (Å²) in [5.74, 6) is 1.96. The molecule has 0 saturated carbocycles. The van der Waals surface area contributed by atoms with Gasteiger partial charge in [-0.05, 0) is 47.9 Å². The Labute approximate surface area is 284 Å². The number of carbonyl (C=O) groups excluding carboxylic acids is 1. The zero-order valence-electron chi connectivity index (χ0n) is 28.5. The number of imidazole rings is 1. The maximum absolute atomic E-state index is 11.5. The van der Waals surface area contributed by atoms with E-state index in [9.17, 15) is 9.90 Å². The van der Waals surface area contributed by atoms with E-state index in [2.05, 4.69) is 79.6 Å². The first-order chi connectivity index (χ1) is 20.5. The van der Waals surface area contributed by atoms with Crippen molar-refractivity contribution in [1.29, 1.82) is 0 Å². The Kier molecular flexibility index (Phi) is 13.1. The van der Waals surface area contributed by atoms with Crippen LogP contribution >= 0.6 is 0 Å². The van der Waals surface area contributed by atoms with Gasteiger partial charge in [0.25, 0.3) is 0 Å². The molecule has 4 aromatic rings. The van der Waals surface area contributed by atoms with Crippen LogP contribution in [0.15, 0.2) is 72.5 Å². The first-order valence-corrected chi connectivity index (χ1v) is 15.5. The number of aliphatic hydroxyl groups is 1. The minimum absolute atomic E-state index is 0. The molecule has 241 valence electrons. The predicted octanol–water partition coefficient (Wildman–Crippen LogP) is 10.5. The second-order valence-electron chi connectivity index (χ2n) is 14.3. The molecule has 0 amide bonds. The molecule has 45 heavy (non-hydrogen) atoms. The van der Waals surface area contributed by atoms with Gasteiger partial charge in [-0.25, -0.2) is 4.85 Å². The average molecular weight is 783 g/mol. The summed E-state index contributed by atoms with van der Waals surface area (Å²) in [7, 11) is 0. The third-order valence-electron chi connectivity index (χ3n) is 7.15. The number of ketones is 1. The molecule has 1 aromatic heterocycles. The van der Waals surface area contributed by atoms with Crippen molar-refractivity contribution in [3.63, 3.8) is 0 Å². The molecule has 1 heterocycles. The molecule has 0 fully saturated rings. The van der Waals surface area contributed by atoms with Gasteiger partial charge in [-0.3, -0.25) is 9.78 Å². The molecular weight excluding hydrogens is 735 g/mol. The van der Waals surface area contributed by atoms with E-state index in [1.165, 1.54) is 22.9 Å². The summed E-state index contributed by atoms with van der Waals surface area (Å²) in [6, 6.07) is 23.8. The predicted molar refractivity (Wildman–Crippen MR) is 183 cm³/mol. The molecule has 0 unspecified atom stereocenters. The number of rotatable bonds is 7. The summed E-state index contributed by atoms with van der Waals surface area (Å²) in [5, 5.41) is 9.56. The van der Waals surface area contributed by atoms with E-state index < -0.39 is 5.41 Å². The van der Waals surface area contributed by atoms with Crippen molar-refractivity contribution in [3.05, 3.63) is 101 Å². The number of benzene rings is 3. The summed E-state index contributed by atoms with van der Waals surface area (Å²) >= 11 is 0. The molecule has 0 bridgehead atoms. The number of fused-ring (bicyclic) bond motifs is 1. The van der Waals surface area contributed by atoms with E-state index >= 15 is 0 Å². The minimum Gasteiger partial charge on any atom is -0.512 e. The Balaban J connectivity index is 0.000000430. The van der Waals surface area contributed by atoms with Crippen LogP contribution in [0.25, 0.3) is 33.0 Å². The van der Waals surface area contributed by atoms with Crippen LogP contribution in [0.4, 0.5) is 5.69 Å². The fraction of sp³-hybridized carbons (Fsp3) is 0.410. The van der Waals surface area contributed by atoms with E-state index in [4.69, 9.17) is 11.6 Å². The number of nitrogens with zero attached hydrogens (tertiary/aromatic N) is 3. The zero-order chi connectivity index (χ0) is 32.8. The van der Waals surface area contributed by atoms with Gasteiger partial charge in [0.2, 0.25) is 0 Å². The summed E-state index contributed by atoms with van der Waals surface area (Å²) < 4.78 is 2.30. The fourth-order valence-electron chi connectivity index (χ4n) is 4.81. The molecule has 6 heteroatoms. The molecule has 4 rings (SSSR count). The van der Waals surface area contributed by atoms with Crippen molar-refractivity contribution >= 4 is 22.5 Å². The van der Waals surface area contributed by atoms with Crippen molar-refractivity contribution in [2.45, 2.75) is 82.1 Å². The number of aliphatic hydroxyl groups excluding tert-OH is 1. The summed E-state index contributed by atoms with van der Waals surface area (Å²) in [6.07, 6.45) is 3.16. The quantitative estimate of drug-likeness (QED) is 0.115. The van der Waals surface area contributed by atoms with Crippen LogP contribution in [0.2, 0.25) is 0 Å². The number of hydrogen-bond acceptors (Lipinski definition) is 3. The summed E-state index contributed by atoms with van der Waals surface area (Å²) in [6.45, 7) is 27.7. The summed E-state index contributed by atoms with van der Waals surface area (Å²) in [5.41, 5.74) is 6.57. The molecule has 0 aliphatic carbocycles. The molecule has 3 aromatic carbocycles. The van der Waals surface area contributed by atoms with Crippen LogP contribution in [-0.2, 0) is 37.7 Å². The van der Waals surface area contributed by atoms with Gasteiger partial charge in [-0.1, -0.05) is 93.5 Å². The summed E-state index contributed by atoms with van der Waals surface area (Å²) in [4.78, 5) is 20.3. The fourth-order valence-corrected chi connectivity index (χ4v) is 4.81. The first-order valence-electron chi connectivity index (χ1n) is 15.5. The number of carbonyl (C=O) groups is 1. The second kappa shape index (κ2) is 15.7. The van der Waals surface area contributed by atoms with Crippen LogP contribution in [0, 0.1) is 35.3 Å². The van der Waals surface area contributed by atoms with Gasteiger partial charge in [0.15, 0.2) is 11.5 Å². The zero-order valence-corrected chi connectivity index (χ0v) is 30.8. The Bertz CT molecular complexity index is 1630. The van der Waals surface area contributed by atoms with Crippen LogP contribution < -0.4 is 0 Å². The molecule has 1 radical (unpaired) electrons. The van der Waals surface area contributed by atoms with E-state index in [0.29, 0.717) is 17.5 Å². The molecular formula is C39H48IrN3O2-. The van der Waals surface area contributed by atoms with Gasteiger partial charge in [-0.2, -0.15) is 0 Å². The van der Waals surface area contributed by atoms with E-state index in [0.717, 1.165) is 35.3 Å². The van der Waals surface area contributed by atoms with Crippen molar-refractivity contribution in [3.8, 4) is 17.1 Å². The molecule has 0 aliphatic heterocycles. The maximum Gasteiger partial charge on any atom is 0.187 e.